The third-order valence-electron chi connectivity index (χ3n) is 3.71. The van der Waals surface area contributed by atoms with Crippen molar-refractivity contribution < 1.29 is 9.53 Å². The van der Waals surface area contributed by atoms with Gasteiger partial charge in [-0.15, -0.1) is 11.8 Å². The lowest BCUT2D eigenvalue weighted by atomic mass is 9.91. The molecular weight excluding hydrogens is 264 g/mol. The summed E-state index contributed by atoms with van der Waals surface area (Å²) in [6.07, 6.45) is 2.90. The zero-order chi connectivity index (χ0) is 15.9. The fraction of sp³-hybridized carbons (Fsp3) is 0.824. The molecule has 4 nitrogen and oxygen atoms in total. The zero-order valence-electron chi connectivity index (χ0n) is 14.2. The molecule has 0 aliphatic carbocycles. The summed E-state index contributed by atoms with van der Waals surface area (Å²) in [5.74, 6) is 6.45. The van der Waals surface area contributed by atoms with Crippen LogP contribution in [-0.2, 0) is 4.74 Å². The highest BCUT2D eigenvalue weighted by molar-refractivity contribution is 5.68. The highest BCUT2D eigenvalue weighted by Gasteiger charge is 2.29. The van der Waals surface area contributed by atoms with E-state index >= 15 is 0 Å². The van der Waals surface area contributed by atoms with Gasteiger partial charge in [0, 0.05) is 32.1 Å². The summed E-state index contributed by atoms with van der Waals surface area (Å²) in [7, 11) is 0. The molecular formula is C17H30N2O2. The summed E-state index contributed by atoms with van der Waals surface area (Å²) in [5, 5.41) is 3.51. The SMILES string of the molecule is CC#CCCNC(C)C1CCCN(C(=O)OC(C)(C)C)C1. The maximum atomic E-state index is 12.1. The van der Waals surface area contributed by atoms with E-state index in [0.29, 0.717) is 12.0 Å². The molecule has 0 radical (unpaired) electrons. The van der Waals surface area contributed by atoms with Crippen LogP contribution in [0.1, 0.15) is 53.9 Å². The summed E-state index contributed by atoms with van der Waals surface area (Å²) in [6, 6.07) is 0.397. The van der Waals surface area contributed by atoms with E-state index in [9.17, 15) is 4.79 Å². The molecule has 0 saturated carbocycles. The predicted molar refractivity (Wildman–Crippen MR) is 86.1 cm³/mol. The third kappa shape index (κ3) is 6.86. The second kappa shape index (κ2) is 8.29. The lowest BCUT2D eigenvalue weighted by Gasteiger charge is -2.36. The van der Waals surface area contributed by atoms with Crippen molar-refractivity contribution in [3.63, 3.8) is 0 Å². The van der Waals surface area contributed by atoms with Gasteiger partial charge >= 0.3 is 6.09 Å². The molecule has 0 spiro atoms. The molecule has 1 saturated heterocycles. The van der Waals surface area contributed by atoms with Crippen molar-refractivity contribution in [2.24, 2.45) is 5.92 Å². The van der Waals surface area contributed by atoms with E-state index in [2.05, 4.69) is 24.1 Å². The topological polar surface area (TPSA) is 41.6 Å². The lowest BCUT2D eigenvalue weighted by molar-refractivity contribution is 0.0149. The standard InChI is InChI=1S/C17H30N2O2/c1-6-7-8-11-18-14(2)15-10-9-12-19(13-15)16(20)21-17(3,4)5/h14-15,18H,8-13H2,1-5H3. The molecule has 1 heterocycles. The maximum Gasteiger partial charge on any atom is 0.410 e. The highest BCUT2D eigenvalue weighted by Crippen LogP contribution is 2.21. The van der Waals surface area contributed by atoms with Gasteiger partial charge in [0.1, 0.15) is 5.60 Å². The number of rotatable bonds is 4. The van der Waals surface area contributed by atoms with E-state index < -0.39 is 5.60 Å². The monoisotopic (exact) mass is 294 g/mol. The molecule has 4 heteroatoms. The average molecular weight is 294 g/mol. The van der Waals surface area contributed by atoms with Crippen LogP contribution in [0.25, 0.3) is 0 Å². The van der Waals surface area contributed by atoms with Crippen molar-refractivity contribution in [3.8, 4) is 11.8 Å². The van der Waals surface area contributed by atoms with Gasteiger partial charge in [0.2, 0.25) is 0 Å². The van der Waals surface area contributed by atoms with Gasteiger partial charge < -0.3 is 15.0 Å². The summed E-state index contributed by atoms with van der Waals surface area (Å²) in [6.45, 7) is 12.3. The van der Waals surface area contributed by atoms with Crippen LogP contribution < -0.4 is 5.32 Å². The Labute approximate surface area is 129 Å². The quantitative estimate of drug-likeness (QED) is 0.640. The van der Waals surface area contributed by atoms with Crippen molar-refractivity contribution in [2.75, 3.05) is 19.6 Å². The number of hydrogen-bond acceptors (Lipinski definition) is 3. The number of carbonyl (C=O) groups excluding carboxylic acids is 1. The minimum atomic E-state index is -0.424. The first-order valence-corrected chi connectivity index (χ1v) is 7.94. The van der Waals surface area contributed by atoms with Crippen LogP contribution in [0.5, 0.6) is 0 Å². The first-order chi connectivity index (χ1) is 9.83. The van der Waals surface area contributed by atoms with Crippen LogP contribution in [0, 0.1) is 17.8 Å². The van der Waals surface area contributed by atoms with Gasteiger partial charge in [0.15, 0.2) is 0 Å². The van der Waals surface area contributed by atoms with E-state index in [-0.39, 0.29) is 6.09 Å². The number of carbonyl (C=O) groups is 1. The van der Waals surface area contributed by atoms with Gasteiger partial charge in [0.25, 0.3) is 0 Å². The van der Waals surface area contributed by atoms with Crippen LogP contribution in [0.3, 0.4) is 0 Å². The molecule has 0 bridgehead atoms. The first-order valence-electron chi connectivity index (χ1n) is 7.94. The second-order valence-electron chi connectivity index (χ2n) is 6.75. The van der Waals surface area contributed by atoms with Crippen LogP contribution in [0.4, 0.5) is 4.79 Å². The molecule has 1 N–H and O–H groups in total. The van der Waals surface area contributed by atoms with Gasteiger partial charge in [-0.25, -0.2) is 4.79 Å². The third-order valence-corrected chi connectivity index (χ3v) is 3.71. The van der Waals surface area contributed by atoms with E-state index in [0.717, 1.165) is 38.9 Å². The number of hydrogen-bond donors (Lipinski definition) is 1. The largest absolute Gasteiger partial charge is 0.444 e. The molecule has 120 valence electrons. The number of likely N-dealkylation sites (tertiary alicyclic amines) is 1. The Bertz CT molecular complexity index is 390. The van der Waals surface area contributed by atoms with Crippen LogP contribution in [0.2, 0.25) is 0 Å². The van der Waals surface area contributed by atoms with Crippen molar-refractivity contribution in [1.82, 2.24) is 10.2 Å². The predicted octanol–water partition coefficient (Wildman–Crippen LogP) is 3.03. The minimum absolute atomic E-state index is 0.184. The smallest absolute Gasteiger partial charge is 0.410 e. The Hall–Kier alpha value is -1.21. The Morgan fingerprint density at radius 2 is 2.19 bits per heavy atom. The van der Waals surface area contributed by atoms with Gasteiger partial charge in [0.05, 0.1) is 0 Å². The summed E-state index contributed by atoms with van der Waals surface area (Å²) in [4.78, 5) is 14.0. The number of amides is 1. The molecule has 2 atom stereocenters. The van der Waals surface area contributed by atoms with E-state index in [4.69, 9.17) is 4.74 Å². The molecule has 1 aliphatic rings. The van der Waals surface area contributed by atoms with E-state index in [1.54, 1.807) is 0 Å². The van der Waals surface area contributed by atoms with Gasteiger partial charge in [-0.3, -0.25) is 0 Å². The van der Waals surface area contributed by atoms with E-state index in [1.165, 1.54) is 0 Å². The van der Waals surface area contributed by atoms with Gasteiger partial charge in [-0.1, -0.05) is 0 Å². The second-order valence-corrected chi connectivity index (χ2v) is 6.75. The first kappa shape index (κ1) is 17.8. The lowest BCUT2D eigenvalue weighted by Crippen LogP contribution is -2.48. The normalized spacial score (nSPS) is 20.4. The van der Waals surface area contributed by atoms with Crippen LogP contribution in [-0.4, -0.2) is 42.3 Å². The highest BCUT2D eigenvalue weighted by atomic mass is 16.6. The van der Waals surface area contributed by atoms with Crippen molar-refractivity contribution in [3.05, 3.63) is 0 Å². The van der Waals surface area contributed by atoms with Crippen molar-refractivity contribution >= 4 is 6.09 Å². The Morgan fingerprint density at radius 1 is 1.48 bits per heavy atom. The minimum Gasteiger partial charge on any atom is -0.444 e. The van der Waals surface area contributed by atoms with Crippen molar-refractivity contribution in [1.29, 1.82) is 0 Å². The number of piperidine rings is 1. The maximum absolute atomic E-state index is 12.1. The molecule has 1 fully saturated rings. The molecule has 0 aromatic carbocycles. The fourth-order valence-electron chi connectivity index (χ4n) is 2.56. The number of nitrogens with one attached hydrogen (secondary N) is 1. The molecule has 1 aliphatic heterocycles. The Morgan fingerprint density at radius 3 is 2.81 bits per heavy atom. The van der Waals surface area contributed by atoms with E-state index in [1.807, 2.05) is 32.6 Å². The summed E-state index contributed by atoms with van der Waals surface area (Å²) >= 11 is 0. The fourth-order valence-corrected chi connectivity index (χ4v) is 2.56. The summed E-state index contributed by atoms with van der Waals surface area (Å²) in [5.41, 5.74) is -0.424. The molecule has 0 aromatic rings. The zero-order valence-corrected chi connectivity index (χ0v) is 14.2. The van der Waals surface area contributed by atoms with Crippen molar-refractivity contribution in [2.45, 2.75) is 65.5 Å². The molecule has 0 aromatic heterocycles. The Kier molecular flexibility index (Phi) is 7.04. The van der Waals surface area contributed by atoms with Gasteiger partial charge in [-0.05, 0) is 53.4 Å². The van der Waals surface area contributed by atoms with Crippen LogP contribution >= 0.6 is 0 Å². The Balaban J connectivity index is 2.43. The molecule has 1 amide bonds. The summed E-state index contributed by atoms with van der Waals surface area (Å²) < 4.78 is 5.47. The number of nitrogens with zero attached hydrogens (tertiary/aromatic N) is 1. The number of ether oxygens (including phenoxy) is 1. The van der Waals surface area contributed by atoms with Crippen LogP contribution in [0.15, 0.2) is 0 Å². The molecule has 2 unspecified atom stereocenters. The van der Waals surface area contributed by atoms with Gasteiger partial charge in [-0.2, -0.15) is 0 Å². The average Bonchev–Trinajstić information content (AvgIpc) is 2.41. The molecule has 21 heavy (non-hydrogen) atoms. The molecule has 1 rings (SSSR count).